The fourth-order valence-electron chi connectivity index (χ4n) is 2.96. The zero-order valence-electron chi connectivity index (χ0n) is 16.3. The van der Waals surface area contributed by atoms with Crippen molar-refractivity contribution in [1.29, 1.82) is 0 Å². The second-order valence-electron chi connectivity index (χ2n) is 6.93. The van der Waals surface area contributed by atoms with Crippen molar-refractivity contribution in [2.24, 2.45) is 0 Å². The van der Waals surface area contributed by atoms with Gasteiger partial charge in [0.1, 0.15) is 4.33 Å². The highest BCUT2D eigenvalue weighted by molar-refractivity contribution is 6.50. The molecule has 0 aliphatic rings. The van der Waals surface area contributed by atoms with Crippen molar-refractivity contribution in [3.05, 3.63) is 57.6 Å². The number of hydrogen-bond acceptors (Lipinski definition) is 2. The van der Waals surface area contributed by atoms with E-state index in [1.807, 2.05) is 19.9 Å². The summed E-state index contributed by atoms with van der Waals surface area (Å²) in [5, 5.41) is 6.40. The third kappa shape index (κ3) is 6.78. The fourth-order valence-corrected chi connectivity index (χ4v) is 3.87. The second kappa shape index (κ2) is 10.0. The first-order chi connectivity index (χ1) is 13.5. The average molecular weight is 476 g/mol. The zero-order chi connectivity index (χ0) is 21.8. The van der Waals surface area contributed by atoms with Crippen LogP contribution in [0.2, 0.25) is 10.0 Å². The van der Waals surface area contributed by atoms with E-state index in [4.69, 9.17) is 46.4 Å². The number of benzene rings is 2. The molecule has 2 N–H and O–H groups in total. The Morgan fingerprint density at radius 2 is 1.76 bits per heavy atom. The molecule has 2 aromatic rings. The van der Waals surface area contributed by atoms with Gasteiger partial charge in [-0.15, -0.1) is 23.2 Å². The minimum atomic E-state index is -1.38. The van der Waals surface area contributed by atoms with E-state index in [1.54, 1.807) is 37.3 Å². The molecule has 0 heterocycles. The fraction of sp³-hybridized carbons (Fsp3) is 0.333. The van der Waals surface area contributed by atoms with Crippen LogP contribution in [0.4, 0.5) is 11.4 Å². The average Bonchev–Trinajstić information content (AvgIpc) is 2.56. The minimum Gasteiger partial charge on any atom is -0.325 e. The molecule has 2 aromatic carbocycles. The van der Waals surface area contributed by atoms with Crippen molar-refractivity contribution in [2.45, 2.75) is 43.9 Å². The Labute approximate surface area is 190 Å². The maximum atomic E-state index is 13.1. The number of nitrogens with one attached hydrogen (secondary N) is 2. The number of hydrogen-bond donors (Lipinski definition) is 2. The molecule has 1 atom stereocenters. The summed E-state index contributed by atoms with van der Waals surface area (Å²) in [6.45, 7) is 5.33. The SMILES string of the molecule is CCCC(=O)Nc1cc(NC(=O)C(c2cc(C)cc(Cl)c2)C(C)(Cl)Cl)ccc1Cl. The first kappa shape index (κ1) is 23.8. The quantitative estimate of drug-likeness (QED) is 0.425. The molecule has 156 valence electrons. The van der Waals surface area contributed by atoms with E-state index in [0.29, 0.717) is 39.8 Å². The van der Waals surface area contributed by atoms with Crippen LogP contribution in [0, 0.1) is 6.92 Å². The lowest BCUT2D eigenvalue weighted by molar-refractivity contribution is -0.118. The van der Waals surface area contributed by atoms with E-state index in [1.165, 1.54) is 0 Å². The Kier molecular flexibility index (Phi) is 8.24. The summed E-state index contributed by atoms with van der Waals surface area (Å²) < 4.78 is -1.38. The molecular weight excluding hydrogens is 454 g/mol. The third-order valence-corrected chi connectivity index (χ3v) is 5.14. The van der Waals surface area contributed by atoms with Gasteiger partial charge in [0.2, 0.25) is 11.8 Å². The number of anilines is 2. The Balaban J connectivity index is 2.31. The number of halogens is 4. The smallest absolute Gasteiger partial charge is 0.234 e. The predicted octanol–water partition coefficient (Wildman–Crippen LogP) is 6.96. The van der Waals surface area contributed by atoms with Gasteiger partial charge in [-0.2, -0.15) is 0 Å². The summed E-state index contributed by atoms with van der Waals surface area (Å²) >= 11 is 25.0. The van der Waals surface area contributed by atoms with Crippen LogP contribution in [0.5, 0.6) is 0 Å². The first-order valence-electron chi connectivity index (χ1n) is 9.06. The number of aryl methyl sites for hydroxylation is 1. The topological polar surface area (TPSA) is 58.2 Å². The Hall–Kier alpha value is -1.46. The molecule has 0 saturated carbocycles. The van der Waals surface area contributed by atoms with Gasteiger partial charge in [0.15, 0.2) is 0 Å². The standard InChI is InChI=1S/C21H22Cl4N2O2/c1-4-5-18(28)27-17-11-15(6-7-16(17)23)26-20(29)19(21(3,24)25)13-8-12(2)9-14(22)10-13/h6-11,19H,4-5H2,1-3H3,(H,26,29)(H,27,28). The van der Waals surface area contributed by atoms with Crippen molar-refractivity contribution >= 4 is 69.6 Å². The van der Waals surface area contributed by atoms with Crippen molar-refractivity contribution in [3.8, 4) is 0 Å². The van der Waals surface area contributed by atoms with Gasteiger partial charge in [-0.25, -0.2) is 0 Å². The van der Waals surface area contributed by atoms with Crippen molar-refractivity contribution in [3.63, 3.8) is 0 Å². The van der Waals surface area contributed by atoms with Crippen LogP contribution in [0.1, 0.15) is 43.7 Å². The summed E-state index contributed by atoms with van der Waals surface area (Å²) in [5.74, 6) is -1.44. The van der Waals surface area contributed by atoms with Gasteiger partial charge in [-0.3, -0.25) is 9.59 Å². The highest BCUT2D eigenvalue weighted by atomic mass is 35.5. The number of carbonyl (C=O) groups excluding carboxylic acids is 2. The molecule has 0 aromatic heterocycles. The monoisotopic (exact) mass is 474 g/mol. The minimum absolute atomic E-state index is 0.153. The van der Waals surface area contributed by atoms with Crippen LogP contribution in [0.3, 0.4) is 0 Å². The van der Waals surface area contributed by atoms with E-state index >= 15 is 0 Å². The largest absolute Gasteiger partial charge is 0.325 e. The molecule has 29 heavy (non-hydrogen) atoms. The van der Waals surface area contributed by atoms with Gasteiger partial charge in [0.05, 0.1) is 16.6 Å². The van der Waals surface area contributed by atoms with E-state index in [0.717, 1.165) is 5.56 Å². The van der Waals surface area contributed by atoms with Gasteiger partial charge in [0.25, 0.3) is 0 Å². The highest BCUT2D eigenvalue weighted by Gasteiger charge is 2.37. The second-order valence-corrected chi connectivity index (χ2v) is 9.54. The van der Waals surface area contributed by atoms with Gasteiger partial charge in [0, 0.05) is 17.1 Å². The van der Waals surface area contributed by atoms with Crippen LogP contribution in [-0.4, -0.2) is 16.1 Å². The molecule has 1 unspecified atom stereocenters. The number of amides is 2. The van der Waals surface area contributed by atoms with Gasteiger partial charge in [-0.1, -0.05) is 36.2 Å². The summed E-state index contributed by atoms with van der Waals surface area (Å²) in [4.78, 5) is 24.9. The highest BCUT2D eigenvalue weighted by Crippen LogP contribution is 2.40. The maximum absolute atomic E-state index is 13.1. The summed E-state index contributed by atoms with van der Waals surface area (Å²) in [5.41, 5.74) is 2.35. The van der Waals surface area contributed by atoms with E-state index in [-0.39, 0.29) is 5.91 Å². The Morgan fingerprint density at radius 1 is 1.07 bits per heavy atom. The van der Waals surface area contributed by atoms with Crippen molar-refractivity contribution < 1.29 is 9.59 Å². The Bertz CT molecular complexity index is 890. The molecule has 4 nitrogen and oxygen atoms in total. The van der Waals surface area contributed by atoms with Crippen LogP contribution < -0.4 is 10.6 Å². The normalized spacial score (nSPS) is 12.4. The molecule has 0 bridgehead atoms. The predicted molar refractivity (Wildman–Crippen MR) is 123 cm³/mol. The molecule has 0 radical (unpaired) electrons. The third-order valence-electron chi connectivity index (χ3n) is 4.15. The van der Waals surface area contributed by atoms with E-state index in [9.17, 15) is 9.59 Å². The molecule has 2 amide bonds. The lowest BCUT2D eigenvalue weighted by Crippen LogP contribution is -2.32. The van der Waals surface area contributed by atoms with Crippen LogP contribution in [0.15, 0.2) is 36.4 Å². The van der Waals surface area contributed by atoms with Crippen molar-refractivity contribution in [1.82, 2.24) is 0 Å². The van der Waals surface area contributed by atoms with Gasteiger partial charge >= 0.3 is 0 Å². The molecule has 2 rings (SSSR count). The lowest BCUT2D eigenvalue weighted by atomic mass is 9.93. The number of carbonyl (C=O) groups is 2. The lowest BCUT2D eigenvalue weighted by Gasteiger charge is -2.26. The molecule has 0 fully saturated rings. The van der Waals surface area contributed by atoms with Gasteiger partial charge in [-0.05, 0) is 61.7 Å². The van der Waals surface area contributed by atoms with Crippen LogP contribution in [-0.2, 0) is 9.59 Å². The summed E-state index contributed by atoms with van der Waals surface area (Å²) in [7, 11) is 0. The van der Waals surface area contributed by atoms with E-state index in [2.05, 4.69) is 10.6 Å². The van der Waals surface area contributed by atoms with Crippen LogP contribution >= 0.6 is 46.4 Å². The van der Waals surface area contributed by atoms with Crippen molar-refractivity contribution in [2.75, 3.05) is 10.6 Å². The molecule has 0 aliphatic heterocycles. The molecular formula is C21H22Cl4N2O2. The molecule has 0 spiro atoms. The molecule has 8 heteroatoms. The zero-order valence-corrected chi connectivity index (χ0v) is 19.3. The van der Waals surface area contributed by atoms with Crippen LogP contribution in [0.25, 0.3) is 0 Å². The number of rotatable bonds is 7. The summed E-state index contributed by atoms with van der Waals surface area (Å²) in [6.07, 6.45) is 1.09. The first-order valence-corrected chi connectivity index (χ1v) is 10.6. The van der Waals surface area contributed by atoms with Gasteiger partial charge < -0.3 is 10.6 Å². The molecule has 0 saturated heterocycles. The van der Waals surface area contributed by atoms with E-state index < -0.39 is 16.2 Å². The Morgan fingerprint density at radius 3 is 2.34 bits per heavy atom. The maximum Gasteiger partial charge on any atom is 0.234 e. The summed E-state index contributed by atoms with van der Waals surface area (Å²) in [6, 6.07) is 10.1. The molecule has 0 aliphatic carbocycles. The number of alkyl halides is 2.